The van der Waals surface area contributed by atoms with Gasteiger partial charge in [0.15, 0.2) is 15.8 Å². The van der Waals surface area contributed by atoms with E-state index < -0.39 is 9.84 Å². The summed E-state index contributed by atoms with van der Waals surface area (Å²) in [5.74, 6) is 0.985. The topological polar surface area (TPSA) is 70.6 Å². The van der Waals surface area contributed by atoms with Crippen molar-refractivity contribution in [1.29, 1.82) is 0 Å². The standard InChI is InChI=1S/C19H27N3O2S2.HI/c1-3-20-19(22-14-18-16(2)10-12-25-18)21-11-7-13-26(23,24)15-17-8-5-4-6-9-17;/h4-6,8-10,12H,3,7,11,13-15H2,1-2H3,(H2,20,21,22);1H. The van der Waals surface area contributed by atoms with Gasteiger partial charge in [0.25, 0.3) is 0 Å². The predicted molar refractivity (Wildman–Crippen MR) is 126 cm³/mol. The molecule has 0 spiro atoms. The molecule has 150 valence electrons. The zero-order chi connectivity index (χ0) is 18.8. The number of sulfone groups is 1. The lowest BCUT2D eigenvalue weighted by atomic mass is 10.2. The van der Waals surface area contributed by atoms with Gasteiger partial charge in [-0.2, -0.15) is 0 Å². The van der Waals surface area contributed by atoms with Crippen LogP contribution in [0.3, 0.4) is 0 Å². The summed E-state index contributed by atoms with van der Waals surface area (Å²) < 4.78 is 24.4. The number of benzene rings is 1. The average molecular weight is 521 g/mol. The molecule has 2 rings (SSSR count). The van der Waals surface area contributed by atoms with E-state index in [1.165, 1.54) is 10.4 Å². The Morgan fingerprint density at radius 1 is 1.15 bits per heavy atom. The second-order valence-corrected chi connectivity index (χ2v) is 9.26. The van der Waals surface area contributed by atoms with E-state index in [0.29, 0.717) is 19.5 Å². The molecular formula is C19H28IN3O2S2. The molecule has 0 aliphatic rings. The maximum Gasteiger partial charge on any atom is 0.191 e. The third kappa shape index (κ3) is 9.07. The summed E-state index contributed by atoms with van der Waals surface area (Å²) in [4.78, 5) is 5.82. The second kappa shape index (κ2) is 12.4. The van der Waals surface area contributed by atoms with Gasteiger partial charge in [-0.25, -0.2) is 13.4 Å². The van der Waals surface area contributed by atoms with E-state index >= 15 is 0 Å². The van der Waals surface area contributed by atoms with Crippen molar-refractivity contribution in [2.75, 3.05) is 18.8 Å². The molecule has 0 saturated heterocycles. The first kappa shape index (κ1) is 23.9. The Hall–Kier alpha value is -1.13. The molecule has 1 heterocycles. The van der Waals surface area contributed by atoms with Gasteiger partial charge in [0.05, 0.1) is 18.1 Å². The lowest BCUT2D eigenvalue weighted by Gasteiger charge is -2.11. The molecule has 0 atom stereocenters. The third-order valence-corrected chi connectivity index (χ3v) is 6.54. The molecule has 1 aromatic heterocycles. The molecule has 0 amide bonds. The summed E-state index contributed by atoms with van der Waals surface area (Å²) in [6.07, 6.45) is 0.553. The van der Waals surface area contributed by atoms with Crippen LogP contribution in [-0.2, 0) is 22.1 Å². The average Bonchev–Trinajstić information content (AvgIpc) is 3.02. The quantitative estimate of drug-likeness (QED) is 0.228. The van der Waals surface area contributed by atoms with Crippen LogP contribution >= 0.6 is 35.3 Å². The van der Waals surface area contributed by atoms with Crippen LogP contribution in [-0.4, -0.2) is 33.2 Å². The maximum atomic E-state index is 12.2. The van der Waals surface area contributed by atoms with Crippen LogP contribution in [0.25, 0.3) is 0 Å². The highest BCUT2D eigenvalue weighted by atomic mass is 127. The maximum absolute atomic E-state index is 12.2. The first-order valence-corrected chi connectivity index (χ1v) is 11.5. The zero-order valence-corrected chi connectivity index (χ0v) is 19.7. The van der Waals surface area contributed by atoms with Gasteiger partial charge in [-0.05, 0) is 42.8 Å². The van der Waals surface area contributed by atoms with Gasteiger partial charge in [-0.15, -0.1) is 35.3 Å². The van der Waals surface area contributed by atoms with Crippen molar-refractivity contribution in [3.63, 3.8) is 0 Å². The number of thiophene rings is 1. The first-order chi connectivity index (χ1) is 12.5. The van der Waals surface area contributed by atoms with Crippen molar-refractivity contribution in [3.05, 3.63) is 57.8 Å². The fourth-order valence-corrected chi connectivity index (χ4v) is 4.72. The predicted octanol–water partition coefficient (Wildman–Crippen LogP) is 3.73. The number of rotatable bonds is 9. The summed E-state index contributed by atoms with van der Waals surface area (Å²) >= 11 is 1.70. The Morgan fingerprint density at radius 2 is 1.89 bits per heavy atom. The van der Waals surface area contributed by atoms with Gasteiger partial charge in [0.1, 0.15) is 0 Å². The molecule has 0 aliphatic carbocycles. The van der Waals surface area contributed by atoms with Crippen LogP contribution in [0.5, 0.6) is 0 Å². The first-order valence-electron chi connectivity index (χ1n) is 8.79. The molecule has 5 nitrogen and oxygen atoms in total. The zero-order valence-electron chi connectivity index (χ0n) is 15.8. The van der Waals surface area contributed by atoms with Crippen LogP contribution in [0.2, 0.25) is 0 Å². The lowest BCUT2D eigenvalue weighted by Crippen LogP contribution is -2.38. The summed E-state index contributed by atoms with van der Waals surface area (Å²) in [7, 11) is -3.10. The number of aliphatic imine (C=N–C) groups is 1. The molecule has 0 aliphatic heterocycles. The van der Waals surface area contributed by atoms with E-state index in [0.717, 1.165) is 18.1 Å². The largest absolute Gasteiger partial charge is 0.357 e. The number of aryl methyl sites for hydroxylation is 1. The number of nitrogens with one attached hydrogen (secondary N) is 2. The van der Waals surface area contributed by atoms with E-state index in [1.54, 1.807) is 11.3 Å². The second-order valence-electron chi connectivity index (χ2n) is 6.08. The number of nitrogens with zero attached hydrogens (tertiary/aromatic N) is 1. The minimum atomic E-state index is -3.10. The molecule has 0 saturated carbocycles. The Balaban J connectivity index is 0.00000364. The molecular weight excluding hydrogens is 493 g/mol. The van der Waals surface area contributed by atoms with Gasteiger partial charge in [-0.3, -0.25) is 0 Å². The summed E-state index contributed by atoms with van der Waals surface area (Å²) in [5, 5.41) is 8.48. The van der Waals surface area contributed by atoms with Gasteiger partial charge in [0, 0.05) is 18.0 Å². The van der Waals surface area contributed by atoms with E-state index in [9.17, 15) is 8.42 Å². The smallest absolute Gasteiger partial charge is 0.191 e. The summed E-state index contributed by atoms with van der Waals surface area (Å²) in [6.45, 7) is 6.06. The minimum Gasteiger partial charge on any atom is -0.357 e. The van der Waals surface area contributed by atoms with E-state index in [4.69, 9.17) is 0 Å². The highest BCUT2D eigenvalue weighted by molar-refractivity contribution is 14.0. The van der Waals surface area contributed by atoms with Crippen molar-refractivity contribution in [3.8, 4) is 0 Å². The van der Waals surface area contributed by atoms with Crippen molar-refractivity contribution in [2.45, 2.75) is 32.6 Å². The van der Waals surface area contributed by atoms with Gasteiger partial charge in [0.2, 0.25) is 0 Å². The van der Waals surface area contributed by atoms with Gasteiger partial charge in [-0.1, -0.05) is 30.3 Å². The summed E-state index contributed by atoms with van der Waals surface area (Å²) in [6, 6.07) is 11.4. The normalized spacial score (nSPS) is 11.7. The van der Waals surface area contributed by atoms with Crippen LogP contribution < -0.4 is 10.6 Å². The molecule has 0 bridgehead atoms. The van der Waals surface area contributed by atoms with E-state index in [1.807, 2.05) is 37.3 Å². The van der Waals surface area contributed by atoms with Gasteiger partial charge < -0.3 is 10.6 Å². The van der Waals surface area contributed by atoms with E-state index in [-0.39, 0.29) is 35.5 Å². The number of hydrogen-bond acceptors (Lipinski definition) is 4. The molecule has 0 unspecified atom stereocenters. The minimum absolute atomic E-state index is 0. The highest BCUT2D eigenvalue weighted by Gasteiger charge is 2.11. The van der Waals surface area contributed by atoms with Crippen molar-refractivity contribution in [2.24, 2.45) is 4.99 Å². The Kier molecular flexibility index (Phi) is 10.9. The van der Waals surface area contributed by atoms with Gasteiger partial charge >= 0.3 is 0 Å². The van der Waals surface area contributed by atoms with Crippen molar-refractivity contribution >= 4 is 51.1 Å². The van der Waals surface area contributed by atoms with Crippen LogP contribution in [0.4, 0.5) is 0 Å². The highest BCUT2D eigenvalue weighted by Crippen LogP contribution is 2.16. The molecule has 1 aromatic carbocycles. The number of guanidine groups is 1. The molecule has 2 aromatic rings. The Morgan fingerprint density at radius 3 is 2.52 bits per heavy atom. The molecule has 2 N–H and O–H groups in total. The van der Waals surface area contributed by atoms with Crippen LogP contribution in [0, 0.1) is 6.92 Å². The number of halogens is 1. The summed E-state index contributed by atoms with van der Waals surface area (Å²) in [5.41, 5.74) is 2.09. The molecule has 8 heteroatoms. The van der Waals surface area contributed by atoms with Crippen molar-refractivity contribution < 1.29 is 8.42 Å². The van der Waals surface area contributed by atoms with Crippen LogP contribution in [0.15, 0.2) is 46.8 Å². The van der Waals surface area contributed by atoms with Crippen LogP contribution in [0.1, 0.15) is 29.3 Å². The Labute approximate surface area is 183 Å². The third-order valence-electron chi connectivity index (χ3n) is 3.85. The molecule has 27 heavy (non-hydrogen) atoms. The fraction of sp³-hybridized carbons (Fsp3) is 0.421. The van der Waals surface area contributed by atoms with Crippen molar-refractivity contribution in [1.82, 2.24) is 10.6 Å². The van der Waals surface area contributed by atoms with E-state index in [2.05, 4.69) is 34.0 Å². The monoisotopic (exact) mass is 521 g/mol. The molecule has 0 fully saturated rings. The number of hydrogen-bond donors (Lipinski definition) is 2. The SMILES string of the molecule is CCNC(=NCc1sccc1C)NCCCS(=O)(=O)Cc1ccccc1.I. The Bertz CT molecular complexity index is 805. The molecule has 0 radical (unpaired) electrons. The fourth-order valence-electron chi connectivity index (χ4n) is 2.46. The lowest BCUT2D eigenvalue weighted by molar-refractivity contribution is 0.591.